The lowest BCUT2D eigenvalue weighted by atomic mass is 10.0. The van der Waals surface area contributed by atoms with Gasteiger partial charge in [-0.1, -0.05) is 17.7 Å². The maximum absolute atomic E-state index is 11.1. The van der Waals surface area contributed by atoms with Crippen LogP contribution in [0, 0.1) is 0 Å². The number of aromatic nitrogens is 3. The van der Waals surface area contributed by atoms with Crippen LogP contribution in [-0.2, 0) is 0 Å². The van der Waals surface area contributed by atoms with Crippen LogP contribution < -0.4 is 15.0 Å². The summed E-state index contributed by atoms with van der Waals surface area (Å²) in [4.78, 5) is 19.0. The molecule has 4 aromatic rings. The number of hydrogen-bond acceptors (Lipinski definition) is 9. The molecule has 1 fully saturated rings. The molecule has 1 aromatic carbocycles. The summed E-state index contributed by atoms with van der Waals surface area (Å²) >= 11 is 7.85. The Balaban J connectivity index is 1.12. The van der Waals surface area contributed by atoms with Crippen molar-refractivity contribution in [2.45, 2.75) is 12.8 Å². The number of benzene rings is 1. The van der Waals surface area contributed by atoms with Crippen molar-refractivity contribution < 1.29 is 9.84 Å². The van der Waals surface area contributed by atoms with E-state index in [1.807, 2.05) is 35.8 Å². The third-order valence-corrected chi connectivity index (χ3v) is 8.35. The van der Waals surface area contributed by atoms with E-state index in [-0.39, 0.29) is 0 Å². The van der Waals surface area contributed by atoms with Crippen LogP contribution in [-0.4, -0.2) is 82.6 Å². The van der Waals surface area contributed by atoms with Gasteiger partial charge in [0, 0.05) is 79.9 Å². The molecule has 0 spiro atoms. The Hall–Kier alpha value is -3.15. The first-order valence-corrected chi connectivity index (χ1v) is 13.9. The van der Waals surface area contributed by atoms with Gasteiger partial charge in [-0.05, 0) is 36.3 Å². The number of ether oxygens (including phenoxy) is 1. The molecular formula is C27H30ClN7O2S. The number of fused-ring (bicyclic) bond motifs is 1. The summed E-state index contributed by atoms with van der Waals surface area (Å²) < 4.78 is 5.35. The Morgan fingerprint density at radius 2 is 1.95 bits per heavy atom. The van der Waals surface area contributed by atoms with Crippen molar-refractivity contribution in [2.75, 3.05) is 56.6 Å². The first-order chi connectivity index (χ1) is 18.6. The third kappa shape index (κ3) is 5.10. The Bertz CT molecular complexity index is 1430. The van der Waals surface area contributed by atoms with Crippen molar-refractivity contribution >= 4 is 56.1 Å². The second-order valence-corrected chi connectivity index (χ2v) is 10.7. The lowest BCUT2D eigenvalue weighted by Gasteiger charge is -2.41. The first-order valence-electron chi connectivity index (χ1n) is 12.7. The molecule has 38 heavy (non-hydrogen) atoms. The Labute approximate surface area is 230 Å². The third-order valence-electron chi connectivity index (χ3n) is 7.21. The van der Waals surface area contributed by atoms with Crippen molar-refractivity contribution in [2.24, 2.45) is 0 Å². The molecule has 0 aliphatic carbocycles. The molecule has 2 aliphatic rings. The molecule has 3 N–H and O–H groups in total. The summed E-state index contributed by atoms with van der Waals surface area (Å²) in [7, 11) is 1.61. The van der Waals surface area contributed by atoms with Crippen molar-refractivity contribution in [1.82, 2.24) is 24.8 Å². The van der Waals surface area contributed by atoms with Crippen molar-refractivity contribution in [3.8, 4) is 5.75 Å². The average molecular weight is 552 g/mol. The molecule has 11 heteroatoms. The summed E-state index contributed by atoms with van der Waals surface area (Å²) in [6.07, 6.45) is 6.11. The molecule has 2 aliphatic heterocycles. The number of nitrogens with zero attached hydrogens (tertiary/aromatic N) is 5. The van der Waals surface area contributed by atoms with Gasteiger partial charge >= 0.3 is 0 Å². The highest BCUT2D eigenvalue weighted by atomic mass is 35.5. The number of H-pyrrole nitrogens is 1. The van der Waals surface area contributed by atoms with Gasteiger partial charge in [-0.15, -0.1) is 11.3 Å². The number of piperazine rings is 1. The lowest BCUT2D eigenvalue weighted by Crippen LogP contribution is -2.56. The lowest BCUT2D eigenvalue weighted by molar-refractivity contribution is -0.110. The monoisotopic (exact) mass is 551 g/mol. The zero-order valence-electron chi connectivity index (χ0n) is 21.1. The Morgan fingerprint density at radius 1 is 1.08 bits per heavy atom. The fraction of sp³-hybridized carbons (Fsp3) is 0.333. The minimum Gasteiger partial charge on any atom is -0.495 e. The minimum absolute atomic E-state index is 0.572. The van der Waals surface area contributed by atoms with E-state index in [4.69, 9.17) is 16.3 Å². The molecule has 1 atom stereocenters. The van der Waals surface area contributed by atoms with E-state index in [9.17, 15) is 5.11 Å². The van der Waals surface area contributed by atoms with Crippen LogP contribution in [0.1, 0.15) is 12.1 Å². The molecule has 9 nitrogen and oxygen atoms in total. The summed E-state index contributed by atoms with van der Waals surface area (Å²) in [6.45, 7) is 4.87. The number of halogens is 1. The van der Waals surface area contributed by atoms with Gasteiger partial charge in [0.25, 0.3) is 0 Å². The van der Waals surface area contributed by atoms with Crippen LogP contribution in [0.3, 0.4) is 0 Å². The minimum atomic E-state index is -0.581. The number of thiazole rings is 1. The fourth-order valence-electron chi connectivity index (χ4n) is 5.09. The first kappa shape index (κ1) is 25.1. The second-order valence-electron chi connectivity index (χ2n) is 9.44. The number of anilines is 3. The van der Waals surface area contributed by atoms with Gasteiger partial charge in [-0.2, -0.15) is 0 Å². The highest BCUT2D eigenvalue weighted by Gasteiger charge is 2.28. The number of aromatic amines is 1. The highest BCUT2D eigenvalue weighted by molar-refractivity contribution is 7.13. The largest absolute Gasteiger partial charge is 0.495 e. The van der Waals surface area contributed by atoms with E-state index >= 15 is 0 Å². The summed E-state index contributed by atoms with van der Waals surface area (Å²) in [5.74, 6) is 0.622. The molecule has 1 saturated heterocycles. The number of aliphatic hydroxyl groups excluding tert-OH is 1. The highest BCUT2D eigenvalue weighted by Crippen LogP contribution is 2.33. The average Bonchev–Trinajstić information content (AvgIpc) is 3.65. The van der Waals surface area contributed by atoms with Crippen LogP contribution in [0.2, 0.25) is 5.02 Å². The number of pyridine rings is 1. The molecule has 0 radical (unpaired) electrons. The Morgan fingerprint density at radius 3 is 2.68 bits per heavy atom. The number of hydrogen-bond donors (Lipinski definition) is 3. The van der Waals surface area contributed by atoms with Crippen molar-refractivity contribution in [1.29, 1.82) is 0 Å². The number of rotatable bonds is 7. The molecule has 6 rings (SSSR count). The van der Waals surface area contributed by atoms with E-state index in [1.54, 1.807) is 24.6 Å². The van der Waals surface area contributed by atoms with Crippen LogP contribution in [0.15, 0.2) is 54.2 Å². The quantitative estimate of drug-likeness (QED) is 0.307. The van der Waals surface area contributed by atoms with Crippen LogP contribution in [0.4, 0.5) is 16.5 Å². The fourth-order valence-corrected chi connectivity index (χ4v) is 5.98. The predicted molar refractivity (Wildman–Crippen MR) is 153 cm³/mol. The van der Waals surface area contributed by atoms with Crippen LogP contribution in [0.5, 0.6) is 5.75 Å². The zero-order valence-corrected chi connectivity index (χ0v) is 22.7. The number of methoxy groups -OCH3 is 1. The van der Waals surface area contributed by atoms with Gasteiger partial charge in [0.05, 0.1) is 17.8 Å². The number of nitrogens with one attached hydrogen (secondary N) is 2. The van der Waals surface area contributed by atoms with Gasteiger partial charge in [0.2, 0.25) is 0 Å². The van der Waals surface area contributed by atoms with Crippen molar-refractivity contribution in [3.63, 3.8) is 0 Å². The summed E-state index contributed by atoms with van der Waals surface area (Å²) in [6, 6.07) is 9.73. The van der Waals surface area contributed by atoms with Crippen LogP contribution >= 0.6 is 22.9 Å². The van der Waals surface area contributed by atoms with E-state index in [0.29, 0.717) is 17.3 Å². The van der Waals surface area contributed by atoms with E-state index in [1.165, 1.54) is 5.57 Å². The standard InChI is InChI=1S/C27H30ClN7O2S/c1-37-24-16-19(2-3-21(24)28)31-22-4-7-29-25-20(22)17-23(32-25)18-5-9-34(10-6-18)27(36)35-13-11-33(12-14-35)26-30-8-15-38-26/h2-5,7-8,15-17,27,36H,6,9-14H2,1H3,(H2,29,31,32). The van der Waals surface area contributed by atoms with Gasteiger partial charge in [0.15, 0.2) is 11.5 Å². The molecule has 0 bridgehead atoms. The van der Waals surface area contributed by atoms with E-state index in [0.717, 1.165) is 72.4 Å². The van der Waals surface area contributed by atoms with Gasteiger partial charge in [0.1, 0.15) is 11.4 Å². The van der Waals surface area contributed by atoms with Gasteiger partial charge in [-0.3, -0.25) is 9.80 Å². The maximum Gasteiger partial charge on any atom is 0.185 e. The Kier molecular flexibility index (Phi) is 7.22. The molecule has 198 valence electrons. The molecule has 5 heterocycles. The molecule has 3 aromatic heterocycles. The summed E-state index contributed by atoms with van der Waals surface area (Å²) in [5.41, 5.74) is 4.95. The SMILES string of the molecule is COc1cc(Nc2ccnc3[nH]c(C4=CCN(C(O)N5CCN(c6nccs6)CC5)CC4)cc23)ccc1Cl. The summed E-state index contributed by atoms with van der Waals surface area (Å²) in [5, 5.41) is 19.2. The second kappa shape index (κ2) is 10.9. The normalized spacial score (nSPS) is 18.0. The maximum atomic E-state index is 11.1. The topological polar surface area (TPSA) is 92.8 Å². The number of aliphatic hydroxyl groups is 1. The van der Waals surface area contributed by atoms with Crippen molar-refractivity contribution in [3.05, 3.63) is 64.9 Å². The predicted octanol–water partition coefficient (Wildman–Crippen LogP) is 4.61. The van der Waals surface area contributed by atoms with Crippen LogP contribution in [0.25, 0.3) is 16.6 Å². The molecular weight excluding hydrogens is 522 g/mol. The van der Waals surface area contributed by atoms with E-state index < -0.39 is 6.35 Å². The van der Waals surface area contributed by atoms with Gasteiger partial charge in [-0.25, -0.2) is 9.97 Å². The molecule has 0 amide bonds. The van der Waals surface area contributed by atoms with Gasteiger partial charge < -0.3 is 25.0 Å². The zero-order chi connectivity index (χ0) is 26.1. The van der Waals surface area contributed by atoms with E-state index in [2.05, 4.69) is 47.1 Å². The smallest absolute Gasteiger partial charge is 0.185 e. The molecule has 0 saturated carbocycles. The molecule has 1 unspecified atom stereocenters.